The van der Waals surface area contributed by atoms with Crippen LogP contribution in [-0.4, -0.2) is 106 Å². The number of ether oxygens (including phenoxy) is 2. The lowest BCUT2D eigenvalue weighted by atomic mass is 10.0. The zero-order valence-electron chi connectivity index (χ0n) is 44.1. The first kappa shape index (κ1) is 66.0. The summed E-state index contributed by atoms with van der Waals surface area (Å²) in [5.41, 5.74) is 17.9. The van der Waals surface area contributed by atoms with Gasteiger partial charge in [0, 0.05) is 37.4 Å². The van der Waals surface area contributed by atoms with Crippen LogP contribution in [0.3, 0.4) is 0 Å². The lowest BCUT2D eigenvalue weighted by molar-refractivity contribution is -0.157. The molecule has 0 bridgehead atoms. The minimum absolute atomic E-state index is 0.00244. The Kier molecular flexibility index (Phi) is 51.3. The fourth-order valence-electron chi connectivity index (χ4n) is 8.09. The summed E-state index contributed by atoms with van der Waals surface area (Å²) in [5.74, 6) is -0.233. The largest absolute Gasteiger partial charge is 0.462 e. The van der Waals surface area contributed by atoms with Crippen molar-refractivity contribution in [1.82, 2.24) is 21.3 Å². The number of hydrogen-bond acceptors (Lipinski definition) is 12. The van der Waals surface area contributed by atoms with Crippen molar-refractivity contribution in [3.8, 4) is 0 Å². The number of hydrogen-bond donors (Lipinski definition) is 7. The molecule has 0 spiro atoms. The molecule has 68 heavy (non-hydrogen) atoms. The van der Waals surface area contributed by atoms with Gasteiger partial charge in [-0.1, -0.05) is 168 Å². The molecule has 0 rings (SSSR count). The number of amides is 2. The predicted octanol–water partition coefficient (Wildman–Crippen LogP) is 9.89. The van der Waals surface area contributed by atoms with Gasteiger partial charge in [0.25, 0.3) is 0 Å². The van der Waals surface area contributed by atoms with Crippen LogP contribution in [0, 0.1) is 0 Å². The molecule has 402 valence electrons. The number of nitrogens with one attached hydrogen (secondary N) is 4. The van der Waals surface area contributed by atoms with Gasteiger partial charge in [0.05, 0.1) is 12.1 Å². The maximum absolute atomic E-state index is 12.9. The highest BCUT2D eigenvalue weighted by atomic mass is 32.2. The molecular weight excluding hydrogens is 875 g/mol. The van der Waals surface area contributed by atoms with Crippen molar-refractivity contribution < 1.29 is 28.7 Å². The highest BCUT2D eigenvalue weighted by Gasteiger charge is 2.20. The second-order valence-corrected chi connectivity index (χ2v) is 20.4. The summed E-state index contributed by atoms with van der Waals surface area (Å²) in [6.07, 6.45) is 38.4. The molecule has 14 heteroatoms. The summed E-state index contributed by atoms with van der Waals surface area (Å²) in [6.45, 7) is 10.1. The first-order valence-corrected chi connectivity index (χ1v) is 29.5. The summed E-state index contributed by atoms with van der Waals surface area (Å²) in [5, 5.41) is 12.6. The molecule has 1 unspecified atom stereocenters. The summed E-state index contributed by atoms with van der Waals surface area (Å²) in [7, 11) is 0. The predicted molar refractivity (Wildman–Crippen MR) is 288 cm³/mol. The van der Waals surface area contributed by atoms with E-state index in [-0.39, 0.29) is 30.4 Å². The van der Waals surface area contributed by atoms with E-state index in [4.69, 9.17) is 26.7 Å². The normalized spacial score (nSPS) is 12.7. The Balaban J connectivity index is 4.46. The maximum Gasteiger partial charge on any atom is 0.306 e. The molecule has 0 fully saturated rings. The minimum Gasteiger partial charge on any atom is -0.462 e. The number of esters is 2. The Labute approximate surface area is 421 Å². The quantitative estimate of drug-likeness (QED) is 0.0224. The van der Waals surface area contributed by atoms with Crippen LogP contribution in [0.25, 0.3) is 0 Å². The van der Waals surface area contributed by atoms with Crippen molar-refractivity contribution in [2.24, 2.45) is 17.2 Å². The van der Waals surface area contributed by atoms with Crippen molar-refractivity contribution in [1.29, 1.82) is 0 Å². The first-order chi connectivity index (χ1) is 33.2. The Morgan fingerprint density at radius 2 is 0.838 bits per heavy atom. The molecule has 0 aromatic carbocycles. The van der Waals surface area contributed by atoms with Gasteiger partial charge in [0.2, 0.25) is 11.8 Å². The van der Waals surface area contributed by atoms with Crippen LogP contribution < -0.4 is 38.5 Å². The molecule has 0 aliphatic carbocycles. The van der Waals surface area contributed by atoms with E-state index >= 15 is 0 Å². The lowest BCUT2D eigenvalue weighted by Gasteiger charge is -2.19. The number of carbonyl (C=O) groups excluding carboxylic acids is 4. The van der Waals surface area contributed by atoms with Gasteiger partial charge in [-0.15, -0.1) is 0 Å². The van der Waals surface area contributed by atoms with Gasteiger partial charge < -0.3 is 47.9 Å². The van der Waals surface area contributed by atoms with Gasteiger partial charge in [-0.2, -0.15) is 11.8 Å². The second kappa shape index (κ2) is 52.8. The second-order valence-electron chi connectivity index (χ2n) is 19.3. The van der Waals surface area contributed by atoms with Crippen LogP contribution in [0.5, 0.6) is 0 Å². The molecule has 0 saturated heterocycles. The molecule has 0 radical (unpaired) electrons. The highest BCUT2D eigenvalue weighted by molar-refractivity contribution is 7.99. The summed E-state index contributed by atoms with van der Waals surface area (Å²) in [6, 6.07) is -1.33. The zero-order valence-corrected chi connectivity index (χ0v) is 45.0. The van der Waals surface area contributed by atoms with E-state index < -0.39 is 18.2 Å². The third-order valence-electron chi connectivity index (χ3n) is 12.6. The summed E-state index contributed by atoms with van der Waals surface area (Å²) in [4.78, 5) is 50.8. The molecule has 13 nitrogen and oxygen atoms in total. The smallest absolute Gasteiger partial charge is 0.306 e. The molecule has 0 aromatic heterocycles. The molecule has 3 atom stereocenters. The van der Waals surface area contributed by atoms with Gasteiger partial charge in [-0.05, 0) is 90.5 Å². The van der Waals surface area contributed by atoms with Crippen molar-refractivity contribution in [2.75, 3.05) is 63.9 Å². The number of unbranched alkanes of at least 4 members (excludes halogenated alkanes) is 26. The number of thioether (sulfide) groups is 1. The number of nitrogens with two attached hydrogens (primary N) is 3. The topological polar surface area (TPSA) is 213 Å². The van der Waals surface area contributed by atoms with Crippen LogP contribution in [-0.2, 0) is 28.7 Å². The first-order valence-electron chi connectivity index (χ1n) is 28.4. The Hall–Kier alpha value is -1.97. The van der Waals surface area contributed by atoms with Gasteiger partial charge >= 0.3 is 11.9 Å². The van der Waals surface area contributed by atoms with Gasteiger partial charge in [0.1, 0.15) is 12.7 Å². The van der Waals surface area contributed by atoms with E-state index in [1.807, 2.05) is 0 Å². The van der Waals surface area contributed by atoms with Crippen LogP contribution >= 0.6 is 11.8 Å². The fourth-order valence-corrected chi connectivity index (χ4v) is 9.06. The van der Waals surface area contributed by atoms with Crippen molar-refractivity contribution in [3.05, 3.63) is 0 Å². The molecule has 0 aliphatic heterocycles. The van der Waals surface area contributed by atoms with Gasteiger partial charge in [-0.3, -0.25) is 19.2 Å². The van der Waals surface area contributed by atoms with E-state index in [1.54, 1.807) is 0 Å². The average molecular weight is 985 g/mol. The highest BCUT2D eigenvalue weighted by Crippen LogP contribution is 2.16. The van der Waals surface area contributed by atoms with Gasteiger partial charge in [0.15, 0.2) is 0 Å². The van der Waals surface area contributed by atoms with Crippen molar-refractivity contribution in [2.45, 2.75) is 257 Å². The van der Waals surface area contributed by atoms with Crippen LogP contribution in [0.4, 0.5) is 0 Å². The molecule has 2 amide bonds. The molecular formula is C54H109N7O6S. The van der Waals surface area contributed by atoms with Crippen LogP contribution in [0.2, 0.25) is 0 Å². The van der Waals surface area contributed by atoms with E-state index in [9.17, 15) is 19.2 Å². The number of carbonyl (C=O) groups is 4. The number of rotatable bonds is 54. The SMILES string of the molecule is CCCCCCCCCCCCCCCC(=O)OCC(CSC[C@H](N)C(=O)NCCCC[C@H](N)C(=O)NCCCNCCCCNCCCN)OC(=O)CCCCCCCCCCCCCCC. The third kappa shape index (κ3) is 47.7. The van der Waals surface area contributed by atoms with E-state index in [1.165, 1.54) is 140 Å². The summed E-state index contributed by atoms with van der Waals surface area (Å²) >= 11 is 1.42. The molecule has 10 N–H and O–H groups in total. The maximum atomic E-state index is 12.9. The summed E-state index contributed by atoms with van der Waals surface area (Å²) < 4.78 is 11.5. The monoisotopic (exact) mass is 984 g/mol. The standard InChI is InChI=1S/C54H109N7O6S/c1-3-5-7-9-11-13-15-17-19-21-23-25-27-36-51(62)66-45-48(67-52(63)37-28-26-24-22-20-18-16-14-12-10-8-6-4-2)46-68-47-50(57)54(65)60-43-30-29-35-49(56)53(64)61-44-34-42-59-40-32-31-39-58-41-33-38-55/h48-50,58-59H,3-47,55-57H2,1-2H3,(H,60,65)(H,61,64)/t48?,49-,50-/m0/s1. The van der Waals surface area contributed by atoms with E-state index in [0.717, 1.165) is 96.9 Å². The Bertz CT molecular complexity index is 1140. The Morgan fingerprint density at radius 1 is 0.441 bits per heavy atom. The molecule has 0 heterocycles. The van der Waals surface area contributed by atoms with E-state index in [2.05, 4.69) is 35.1 Å². The van der Waals surface area contributed by atoms with Crippen molar-refractivity contribution >= 4 is 35.5 Å². The van der Waals surface area contributed by atoms with Crippen LogP contribution in [0.1, 0.15) is 239 Å². The fraction of sp³-hybridized carbons (Fsp3) is 0.926. The van der Waals surface area contributed by atoms with E-state index in [0.29, 0.717) is 56.7 Å². The Morgan fingerprint density at radius 3 is 1.32 bits per heavy atom. The van der Waals surface area contributed by atoms with Crippen LogP contribution in [0.15, 0.2) is 0 Å². The zero-order chi connectivity index (χ0) is 49.8. The average Bonchev–Trinajstić information content (AvgIpc) is 3.33. The minimum atomic E-state index is -0.744. The molecule has 0 aromatic rings. The third-order valence-corrected chi connectivity index (χ3v) is 13.8. The van der Waals surface area contributed by atoms with Gasteiger partial charge in [-0.25, -0.2) is 0 Å². The lowest BCUT2D eigenvalue weighted by Crippen LogP contribution is -2.43. The van der Waals surface area contributed by atoms with Crippen molar-refractivity contribution in [3.63, 3.8) is 0 Å². The molecule has 0 saturated carbocycles. The molecule has 0 aliphatic rings.